The molecule has 1 N–H and O–H groups in total. The molecule has 0 saturated carbocycles. The van der Waals surface area contributed by atoms with Gasteiger partial charge in [-0.05, 0) is 41.9 Å². The summed E-state index contributed by atoms with van der Waals surface area (Å²) in [5.41, 5.74) is -0.0845. The number of hydrogen-bond acceptors (Lipinski definition) is 3. The van der Waals surface area contributed by atoms with Crippen molar-refractivity contribution in [3.63, 3.8) is 0 Å². The van der Waals surface area contributed by atoms with Gasteiger partial charge in [0.05, 0.1) is 18.8 Å². The van der Waals surface area contributed by atoms with Crippen LogP contribution in [0.3, 0.4) is 0 Å². The number of carbonyl (C=O) groups is 2. The van der Waals surface area contributed by atoms with Gasteiger partial charge < -0.3 is 10.2 Å². The molecule has 0 aromatic carbocycles. The predicted molar refractivity (Wildman–Crippen MR) is 69.6 cm³/mol. The van der Waals surface area contributed by atoms with Crippen molar-refractivity contribution in [3.05, 3.63) is 28.5 Å². The van der Waals surface area contributed by atoms with Gasteiger partial charge in [-0.3, -0.25) is 14.6 Å². The SMILES string of the molecule is CC1(C)C(=O)NCC(=O)N1Cc1ccc(Br)cn1. The summed E-state index contributed by atoms with van der Waals surface area (Å²) in [6, 6.07) is 3.70. The molecule has 1 aliphatic rings. The van der Waals surface area contributed by atoms with E-state index in [1.54, 1.807) is 24.9 Å². The highest BCUT2D eigenvalue weighted by atomic mass is 79.9. The van der Waals surface area contributed by atoms with Gasteiger partial charge in [0, 0.05) is 10.7 Å². The van der Waals surface area contributed by atoms with Gasteiger partial charge in [0.25, 0.3) is 0 Å². The fourth-order valence-electron chi connectivity index (χ4n) is 1.85. The van der Waals surface area contributed by atoms with Gasteiger partial charge in [0.15, 0.2) is 0 Å². The normalized spacial score (nSPS) is 18.7. The number of nitrogens with one attached hydrogen (secondary N) is 1. The van der Waals surface area contributed by atoms with E-state index in [0.29, 0.717) is 6.54 Å². The summed E-state index contributed by atoms with van der Waals surface area (Å²) in [5, 5.41) is 2.59. The van der Waals surface area contributed by atoms with Crippen molar-refractivity contribution in [1.29, 1.82) is 0 Å². The molecule has 0 aliphatic carbocycles. The van der Waals surface area contributed by atoms with Gasteiger partial charge in [0.2, 0.25) is 11.8 Å². The molecule has 1 fully saturated rings. The monoisotopic (exact) mass is 311 g/mol. The van der Waals surface area contributed by atoms with Crippen LogP contribution >= 0.6 is 15.9 Å². The van der Waals surface area contributed by atoms with Crippen molar-refractivity contribution in [3.8, 4) is 0 Å². The Hall–Kier alpha value is -1.43. The second-order valence-electron chi connectivity index (χ2n) is 4.69. The molecule has 5 nitrogen and oxygen atoms in total. The van der Waals surface area contributed by atoms with Gasteiger partial charge in [-0.25, -0.2) is 0 Å². The first-order chi connectivity index (χ1) is 8.41. The molecular formula is C12H14BrN3O2. The van der Waals surface area contributed by atoms with Crippen LogP contribution in [0.4, 0.5) is 0 Å². The third-order valence-corrected chi connectivity index (χ3v) is 3.51. The van der Waals surface area contributed by atoms with E-state index in [9.17, 15) is 9.59 Å². The third kappa shape index (κ3) is 2.38. The van der Waals surface area contributed by atoms with Gasteiger partial charge in [-0.1, -0.05) is 0 Å². The minimum absolute atomic E-state index is 0.0544. The standard InChI is InChI=1S/C12H14BrN3O2/c1-12(2)11(18)15-6-10(17)16(12)7-9-4-3-8(13)5-14-9/h3-5H,6-7H2,1-2H3,(H,15,18). The van der Waals surface area contributed by atoms with E-state index in [4.69, 9.17) is 0 Å². The van der Waals surface area contributed by atoms with Crippen LogP contribution < -0.4 is 5.32 Å². The van der Waals surface area contributed by atoms with E-state index in [2.05, 4.69) is 26.2 Å². The molecule has 2 heterocycles. The van der Waals surface area contributed by atoms with E-state index >= 15 is 0 Å². The first-order valence-electron chi connectivity index (χ1n) is 5.60. The second-order valence-corrected chi connectivity index (χ2v) is 5.61. The number of piperazine rings is 1. The first-order valence-corrected chi connectivity index (χ1v) is 6.40. The summed E-state index contributed by atoms with van der Waals surface area (Å²) in [5.74, 6) is -0.233. The molecule has 1 aromatic rings. The summed E-state index contributed by atoms with van der Waals surface area (Å²) in [7, 11) is 0. The number of halogens is 1. The number of hydrogen-bond donors (Lipinski definition) is 1. The Morgan fingerprint density at radius 2 is 2.17 bits per heavy atom. The first kappa shape index (κ1) is 13.0. The lowest BCUT2D eigenvalue weighted by molar-refractivity contribution is -0.152. The lowest BCUT2D eigenvalue weighted by Crippen LogP contribution is -2.63. The zero-order valence-electron chi connectivity index (χ0n) is 10.2. The van der Waals surface area contributed by atoms with E-state index in [0.717, 1.165) is 10.2 Å². The van der Waals surface area contributed by atoms with Crippen LogP contribution in [0, 0.1) is 0 Å². The molecule has 0 spiro atoms. The smallest absolute Gasteiger partial charge is 0.245 e. The molecule has 0 unspecified atom stereocenters. The van der Waals surface area contributed by atoms with Crippen LogP contribution in [0.5, 0.6) is 0 Å². The quantitative estimate of drug-likeness (QED) is 0.889. The molecule has 96 valence electrons. The van der Waals surface area contributed by atoms with E-state index in [1.807, 2.05) is 12.1 Å². The van der Waals surface area contributed by atoms with Crippen LogP contribution in [0.25, 0.3) is 0 Å². The van der Waals surface area contributed by atoms with Crippen molar-refractivity contribution in [2.24, 2.45) is 0 Å². The Morgan fingerprint density at radius 1 is 1.44 bits per heavy atom. The molecule has 1 aliphatic heterocycles. The summed E-state index contributed by atoms with van der Waals surface area (Å²) in [6.45, 7) is 3.86. The molecule has 0 bridgehead atoms. The molecule has 0 atom stereocenters. The number of pyridine rings is 1. The van der Waals surface area contributed by atoms with E-state index < -0.39 is 5.54 Å². The summed E-state index contributed by atoms with van der Waals surface area (Å²) in [4.78, 5) is 29.5. The van der Waals surface area contributed by atoms with Crippen molar-refractivity contribution >= 4 is 27.7 Å². The second kappa shape index (κ2) is 4.68. The number of nitrogens with zero attached hydrogens (tertiary/aromatic N) is 2. The molecule has 1 saturated heterocycles. The maximum atomic E-state index is 11.9. The fraction of sp³-hybridized carbons (Fsp3) is 0.417. The van der Waals surface area contributed by atoms with Crippen molar-refractivity contribution in [1.82, 2.24) is 15.2 Å². The van der Waals surface area contributed by atoms with Crippen LogP contribution in [-0.4, -0.2) is 33.8 Å². The summed E-state index contributed by atoms with van der Waals surface area (Å²) < 4.78 is 0.883. The Labute approximate surface area is 114 Å². The molecule has 0 radical (unpaired) electrons. The fourth-order valence-corrected chi connectivity index (χ4v) is 2.08. The molecule has 2 rings (SSSR count). The average molecular weight is 312 g/mol. The Kier molecular flexibility index (Phi) is 3.38. The average Bonchev–Trinajstić information content (AvgIpc) is 2.32. The molecule has 6 heteroatoms. The van der Waals surface area contributed by atoms with Gasteiger partial charge in [0.1, 0.15) is 5.54 Å². The maximum absolute atomic E-state index is 11.9. The largest absolute Gasteiger partial charge is 0.345 e. The lowest BCUT2D eigenvalue weighted by Gasteiger charge is -2.40. The lowest BCUT2D eigenvalue weighted by atomic mass is 9.98. The minimum Gasteiger partial charge on any atom is -0.345 e. The molecule has 2 amide bonds. The zero-order chi connectivity index (χ0) is 13.3. The summed E-state index contributed by atoms with van der Waals surface area (Å²) >= 11 is 3.31. The van der Waals surface area contributed by atoms with Crippen LogP contribution in [0.2, 0.25) is 0 Å². The zero-order valence-corrected chi connectivity index (χ0v) is 11.8. The van der Waals surface area contributed by atoms with Crippen LogP contribution in [0.15, 0.2) is 22.8 Å². The summed E-state index contributed by atoms with van der Waals surface area (Å²) in [6.07, 6.45) is 1.68. The predicted octanol–water partition coefficient (Wildman–Crippen LogP) is 1.08. The Balaban J connectivity index is 2.22. The number of amides is 2. The number of aromatic nitrogens is 1. The molecular weight excluding hydrogens is 298 g/mol. The maximum Gasteiger partial charge on any atom is 0.245 e. The number of rotatable bonds is 2. The highest BCUT2D eigenvalue weighted by molar-refractivity contribution is 9.10. The van der Waals surface area contributed by atoms with Crippen LogP contribution in [0.1, 0.15) is 19.5 Å². The van der Waals surface area contributed by atoms with Gasteiger partial charge in [-0.2, -0.15) is 0 Å². The molecule has 18 heavy (non-hydrogen) atoms. The Morgan fingerprint density at radius 3 is 2.78 bits per heavy atom. The molecule has 1 aromatic heterocycles. The highest BCUT2D eigenvalue weighted by Gasteiger charge is 2.41. The van der Waals surface area contributed by atoms with Crippen molar-refractivity contribution in [2.75, 3.05) is 6.54 Å². The van der Waals surface area contributed by atoms with Gasteiger partial charge >= 0.3 is 0 Å². The van der Waals surface area contributed by atoms with E-state index in [1.165, 1.54) is 0 Å². The van der Waals surface area contributed by atoms with Crippen LogP contribution in [-0.2, 0) is 16.1 Å². The number of carbonyl (C=O) groups excluding carboxylic acids is 2. The topological polar surface area (TPSA) is 62.3 Å². The minimum atomic E-state index is -0.843. The van der Waals surface area contributed by atoms with Gasteiger partial charge in [-0.15, -0.1) is 0 Å². The third-order valence-electron chi connectivity index (χ3n) is 3.04. The van der Waals surface area contributed by atoms with Crippen molar-refractivity contribution in [2.45, 2.75) is 25.9 Å². The highest BCUT2D eigenvalue weighted by Crippen LogP contribution is 2.21. The van der Waals surface area contributed by atoms with Crippen molar-refractivity contribution < 1.29 is 9.59 Å². The Bertz CT molecular complexity index is 485. The van der Waals surface area contributed by atoms with E-state index in [-0.39, 0.29) is 18.4 Å².